The average molecular weight is 774 g/mol. The van der Waals surface area contributed by atoms with Gasteiger partial charge in [-0.3, -0.25) is 4.98 Å². The summed E-state index contributed by atoms with van der Waals surface area (Å²) in [5, 5.41) is 9.42. The van der Waals surface area contributed by atoms with Crippen LogP contribution < -0.4 is 9.47 Å². The largest absolute Gasteiger partial charge is 0.497 e. The van der Waals surface area contributed by atoms with Gasteiger partial charge in [0, 0.05) is 18.3 Å². The van der Waals surface area contributed by atoms with Gasteiger partial charge in [-0.15, -0.1) is 0 Å². The van der Waals surface area contributed by atoms with Crippen molar-refractivity contribution in [2.75, 3.05) is 27.4 Å². The van der Waals surface area contributed by atoms with Gasteiger partial charge in [0.15, 0.2) is 5.65 Å². The number of imidazole rings is 1. The molecule has 3 heterocycles. The standard InChI is InChI=1S/C43H48N7O5P/c1-31(2)50(32(3)4)56(54-26-12-24-44)55-38(27-49-30-48-41-40(46-29-47-42(41)49)39-15-10-11-25-45-39)28-53-43(33-13-8-7-9-14-33,34-16-20-36(51-5)21-17-34)35-18-22-37(52-6)23-19-35/h7-11,13-23,25,29-32,38H,12,26-28H2,1-6H3/t38-,56?/m0/s1. The first-order valence-corrected chi connectivity index (χ1v) is 19.7. The van der Waals surface area contributed by atoms with E-state index in [2.05, 4.69) is 65.5 Å². The highest BCUT2D eigenvalue weighted by atomic mass is 31.2. The molecule has 0 saturated heterocycles. The summed E-state index contributed by atoms with van der Waals surface area (Å²) < 4.78 is 36.2. The number of pyridine rings is 1. The highest BCUT2D eigenvalue weighted by molar-refractivity contribution is 7.44. The van der Waals surface area contributed by atoms with E-state index in [1.165, 1.54) is 6.33 Å². The SMILES string of the molecule is COc1ccc(C(OC[C@H](Cn2cnc3c(-c4ccccn4)ncnc32)OP(OCCC#N)N(C(C)C)C(C)C)(c2ccccc2)c2ccc(OC)cc2)cc1. The van der Waals surface area contributed by atoms with Crippen LogP contribution in [0.25, 0.3) is 22.6 Å². The van der Waals surface area contributed by atoms with Gasteiger partial charge >= 0.3 is 0 Å². The molecule has 0 spiro atoms. The normalized spacial score (nSPS) is 12.9. The summed E-state index contributed by atoms with van der Waals surface area (Å²) in [6, 6.07) is 34.1. The smallest absolute Gasteiger partial charge is 0.259 e. The molecule has 12 nitrogen and oxygen atoms in total. The van der Waals surface area contributed by atoms with Gasteiger partial charge in [0.25, 0.3) is 8.53 Å². The van der Waals surface area contributed by atoms with Crippen LogP contribution in [0.4, 0.5) is 0 Å². The maximum atomic E-state index is 9.42. The zero-order valence-electron chi connectivity index (χ0n) is 32.6. The number of hydrogen-bond donors (Lipinski definition) is 0. The Morgan fingerprint density at radius 3 is 1.96 bits per heavy atom. The van der Waals surface area contributed by atoms with E-state index in [-0.39, 0.29) is 31.7 Å². The van der Waals surface area contributed by atoms with Gasteiger partial charge in [0.1, 0.15) is 40.7 Å². The Morgan fingerprint density at radius 1 is 0.768 bits per heavy atom. The summed E-state index contributed by atoms with van der Waals surface area (Å²) in [5.74, 6) is 1.46. The average Bonchev–Trinajstić information content (AvgIpc) is 3.64. The number of fused-ring (bicyclic) bond motifs is 1. The van der Waals surface area contributed by atoms with Crippen LogP contribution in [-0.2, 0) is 25.9 Å². The van der Waals surface area contributed by atoms with Gasteiger partial charge in [0.2, 0.25) is 0 Å². The number of hydrogen-bond acceptors (Lipinski definition) is 11. The summed E-state index contributed by atoms with van der Waals surface area (Å²) >= 11 is 0. The first-order chi connectivity index (χ1) is 27.3. The monoisotopic (exact) mass is 773 g/mol. The van der Waals surface area contributed by atoms with E-state index in [0.717, 1.165) is 28.2 Å². The maximum Gasteiger partial charge on any atom is 0.259 e. The fourth-order valence-corrected chi connectivity index (χ4v) is 8.44. The van der Waals surface area contributed by atoms with Crippen LogP contribution >= 0.6 is 8.53 Å². The summed E-state index contributed by atoms with van der Waals surface area (Å²) in [7, 11) is 1.65. The molecule has 0 amide bonds. The molecule has 0 saturated carbocycles. The quantitative estimate of drug-likeness (QED) is 0.0446. The van der Waals surface area contributed by atoms with E-state index in [1.807, 2.05) is 89.5 Å². The minimum Gasteiger partial charge on any atom is -0.497 e. The van der Waals surface area contributed by atoms with E-state index in [4.69, 9.17) is 28.2 Å². The van der Waals surface area contributed by atoms with Gasteiger partial charge < -0.3 is 27.8 Å². The van der Waals surface area contributed by atoms with Gasteiger partial charge in [0.05, 0.1) is 58.5 Å². The molecule has 3 aromatic heterocycles. The molecule has 0 bridgehead atoms. The molecular weight excluding hydrogens is 725 g/mol. The highest BCUT2D eigenvalue weighted by Crippen LogP contribution is 2.48. The van der Waals surface area contributed by atoms with Gasteiger partial charge in [-0.1, -0.05) is 60.7 Å². The second kappa shape index (κ2) is 19.0. The Kier molecular flexibility index (Phi) is 13.7. The van der Waals surface area contributed by atoms with Crippen molar-refractivity contribution in [2.45, 2.75) is 64.4 Å². The topological polar surface area (TPSA) is 130 Å². The minimum absolute atomic E-state index is 0.0921. The molecular formula is C43H48N7O5P. The lowest BCUT2D eigenvalue weighted by atomic mass is 9.80. The zero-order chi connectivity index (χ0) is 39.5. The molecule has 0 N–H and O–H groups in total. The second-order valence-electron chi connectivity index (χ2n) is 13.6. The van der Waals surface area contributed by atoms with Crippen molar-refractivity contribution in [3.63, 3.8) is 0 Å². The van der Waals surface area contributed by atoms with Crippen molar-refractivity contribution in [3.8, 4) is 29.0 Å². The van der Waals surface area contributed by atoms with Crippen LogP contribution in [0.5, 0.6) is 11.5 Å². The molecule has 1 unspecified atom stereocenters. The Bertz CT molecular complexity index is 2110. The molecule has 0 aliphatic heterocycles. The third-order valence-electron chi connectivity index (χ3n) is 9.27. The second-order valence-corrected chi connectivity index (χ2v) is 15.0. The Balaban J connectivity index is 1.47. The van der Waals surface area contributed by atoms with E-state index in [1.54, 1.807) is 26.7 Å². The number of nitriles is 1. The lowest BCUT2D eigenvalue weighted by Crippen LogP contribution is -2.39. The summed E-state index contributed by atoms with van der Waals surface area (Å²) in [4.78, 5) is 18.5. The molecule has 0 fully saturated rings. The predicted octanol–water partition coefficient (Wildman–Crippen LogP) is 8.58. The Hall–Kier alpha value is -5.28. The number of rotatable bonds is 19. The van der Waals surface area contributed by atoms with Crippen LogP contribution in [0, 0.1) is 11.3 Å². The van der Waals surface area contributed by atoms with Gasteiger partial charge in [-0.05, 0) is 80.8 Å². The lowest BCUT2D eigenvalue weighted by molar-refractivity contribution is -0.0381. The van der Waals surface area contributed by atoms with Crippen molar-refractivity contribution in [1.29, 1.82) is 5.26 Å². The summed E-state index contributed by atoms with van der Waals surface area (Å²) in [6.45, 7) is 9.13. The van der Waals surface area contributed by atoms with Crippen molar-refractivity contribution in [2.24, 2.45) is 0 Å². The molecule has 6 rings (SSSR count). The fraction of sp³-hybridized carbons (Fsp3) is 0.326. The highest BCUT2D eigenvalue weighted by Gasteiger charge is 2.40. The van der Waals surface area contributed by atoms with Crippen molar-refractivity contribution < 1.29 is 23.3 Å². The summed E-state index contributed by atoms with van der Waals surface area (Å²) in [5.41, 5.74) is 4.22. The van der Waals surface area contributed by atoms with E-state index in [0.29, 0.717) is 29.1 Å². The molecule has 2 atom stereocenters. The molecule has 56 heavy (non-hydrogen) atoms. The Labute approximate surface area is 330 Å². The van der Waals surface area contributed by atoms with Crippen LogP contribution in [0.1, 0.15) is 50.8 Å². The fourth-order valence-electron chi connectivity index (χ4n) is 6.75. The zero-order valence-corrected chi connectivity index (χ0v) is 33.5. The number of methoxy groups -OCH3 is 2. The maximum absolute atomic E-state index is 9.42. The van der Waals surface area contributed by atoms with Crippen molar-refractivity contribution in [3.05, 3.63) is 133 Å². The lowest BCUT2D eigenvalue weighted by Gasteiger charge is -2.39. The number of benzene rings is 3. The van der Waals surface area contributed by atoms with Crippen LogP contribution in [0.3, 0.4) is 0 Å². The van der Waals surface area contributed by atoms with Crippen LogP contribution in [-0.4, -0.2) is 74.8 Å². The number of nitrogens with zero attached hydrogens (tertiary/aromatic N) is 7. The third-order valence-corrected chi connectivity index (χ3v) is 11.5. The third kappa shape index (κ3) is 9.05. The minimum atomic E-state index is -1.65. The van der Waals surface area contributed by atoms with E-state index >= 15 is 0 Å². The molecule has 3 aromatic carbocycles. The number of aromatic nitrogens is 5. The molecule has 6 aromatic rings. The Morgan fingerprint density at radius 2 is 1.39 bits per heavy atom. The summed E-state index contributed by atoms with van der Waals surface area (Å²) in [6.07, 6.45) is 4.66. The first kappa shape index (κ1) is 40.4. The first-order valence-electron chi connectivity index (χ1n) is 18.6. The van der Waals surface area contributed by atoms with Gasteiger partial charge in [-0.2, -0.15) is 5.26 Å². The molecule has 13 heteroatoms. The number of ether oxygens (including phenoxy) is 3. The van der Waals surface area contributed by atoms with E-state index in [9.17, 15) is 5.26 Å². The molecule has 0 aliphatic carbocycles. The van der Waals surface area contributed by atoms with E-state index < -0.39 is 20.2 Å². The molecule has 0 aliphatic rings. The molecule has 290 valence electrons. The van der Waals surface area contributed by atoms with Crippen molar-refractivity contribution in [1.82, 2.24) is 29.2 Å². The van der Waals surface area contributed by atoms with Gasteiger partial charge in [-0.25, -0.2) is 19.6 Å². The van der Waals surface area contributed by atoms with Crippen LogP contribution in [0.15, 0.2) is 116 Å². The molecule has 0 radical (unpaired) electrons. The van der Waals surface area contributed by atoms with Crippen LogP contribution in [0.2, 0.25) is 0 Å². The van der Waals surface area contributed by atoms with Crippen molar-refractivity contribution >= 4 is 19.7 Å². The predicted molar refractivity (Wildman–Crippen MR) is 217 cm³/mol.